The second-order valence-corrected chi connectivity index (χ2v) is 8.81. The number of ether oxygens (including phenoxy) is 2. The molecule has 8 heteroatoms. The Bertz CT molecular complexity index is 969. The van der Waals surface area contributed by atoms with Gasteiger partial charge in [0.1, 0.15) is 16.4 Å². The maximum absolute atomic E-state index is 13.1. The highest BCUT2D eigenvalue weighted by atomic mass is 32.2. The van der Waals surface area contributed by atoms with E-state index in [4.69, 9.17) is 9.47 Å². The first-order chi connectivity index (χ1) is 13.9. The number of piperidine rings is 1. The van der Waals surface area contributed by atoms with Gasteiger partial charge in [-0.05, 0) is 48.7 Å². The lowest BCUT2D eigenvalue weighted by molar-refractivity contribution is -0.115. The van der Waals surface area contributed by atoms with Crippen LogP contribution in [-0.4, -0.2) is 45.9 Å². The van der Waals surface area contributed by atoms with E-state index in [0.717, 1.165) is 24.8 Å². The van der Waals surface area contributed by atoms with Gasteiger partial charge in [-0.2, -0.15) is 4.31 Å². The summed E-state index contributed by atoms with van der Waals surface area (Å²) in [6.07, 6.45) is 2.87. The van der Waals surface area contributed by atoms with Crippen LogP contribution in [0.3, 0.4) is 0 Å². The number of hydrogen-bond donors (Lipinski definition) is 1. The number of anilines is 1. The lowest BCUT2D eigenvalue weighted by atomic mass is 10.1. The fourth-order valence-electron chi connectivity index (χ4n) is 3.37. The van der Waals surface area contributed by atoms with Crippen molar-refractivity contribution in [3.63, 3.8) is 0 Å². The van der Waals surface area contributed by atoms with Crippen LogP contribution in [0.1, 0.15) is 24.8 Å². The van der Waals surface area contributed by atoms with Gasteiger partial charge in [0.05, 0.1) is 20.6 Å². The summed E-state index contributed by atoms with van der Waals surface area (Å²) in [5, 5.41) is 2.78. The second kappa shape index (κ2) is 9.28. The highest BCUT2D eigenvalue weighted by Crippen LogP contribution is 2.31. The van der Waals surface area contributed by atoms with E-state index in [9.17, 15) is 13.2 Å². The van der Waals surface area contributed by atoms with Gasteiger partial charge in [-0.1, -0.05) is 18.6 Å². The Morgan fingerprint density at radius 1 is 1.03 bits per heavy atom. The maximum atomic E-state index is 13.1. The van der Waals surface area contributed by atoms with Gasteiger partial charge in [0, 0.05) is 18.8 Å². The molecule has 3 rings (SSSR count). The normalized spacial score (nSPS) is 15.0. The smallest absolute Gasteiger partial charge is 0.246 e. The van der Waals surface area contributed by atoms with E-state index in [1.165, 1.54) is 17.5 Å². The molecule has 1 heterocycles. The Labute approximate surface area is 171 Å². The number of nitrogens with one attached hydrogen (secondary N) is 1. The zero-order valence-electron chi connectivity index (χ0n) is 16.7. The third kappa shape index (κ3) is 5.07. The van der Waals surface area contributed by atoms with Gasteiger partial charge in [0.2, 0.25) is 15.9 Å². The number of nitrogens with zero attached hydrogens (tertiary/aromatic N) is 1. The number of rotatable bonds is 7. The van der Waals surface area contributed by atoms with Crippen molar-refractivity contribution in [2.24, 2.45) is 0 Å². The first-order valence-electron chi connectivity index (χ1n) is 9.55. The number of hydrogen-bond acceptors (Lipinski definition) is 5. The first kappa shape index (κ1) is 21.1. The predicted octanol–water partition coefficient (Wildman–Crippen LogP) is 3.06. The van der Waals surface area contributed by atoms with E-state index in [1.54, 1.807) is 25.3 Å². The number of methoxy groups -OCH3 is 2. The van der Waals surface area contributed by atoms with Crippen molar-refractivity contribution in [3.05, 3.63) is 48.0 Å². The molecule has 29 heavy (non-hydrogen) atoms. The molecule has 0 spiro atoms. The van der Waals surface area contributed by atoms with Crippen LogP contribution in [0, 0.1) is 0 Å². The topological polar surface area (TPSA) is 84.9 Å². The Kier molecular flexibility index (Phi) is 6.76. The van der Waals surface area contributed by atoms with Crippen molar-refractivity contribution >= 4 is 21.6 Å². The van der Waals surface area contributed by atoms with Crippen molar-refractivity contribution in [2.75, 3.05) is 32.6 Å². The Morgan fingerprint density at radius 2 is 1.79 bits per heavy atom. The summed E-state index contributed by atoms with van der Waals surface area (Å²) in [4.78, 5) is 12.5. The standard InChI is InChI=1S/C21H26N2O5S/c1-27-18-8-6-7-16(13-18)14-21(24)22-17-9-10-19(28-2)20(15-17)29(25,26)23-11-4-3-5-12-23/h6-10,13,15H,3-5,11-12,14H2,1-2H3,(H,22,24). The molecule has 1 amide bonds. The predicted molar refractivity (Wildman–Crippen MR) is 111 cm³/mol. The third-order valence-electron chi connectivity index (χ3n) is 4.88. The summed E-state index contributed by atoms with van der Waals surface area (Å²) in [6, 6.07) is 11.9. The van der Waals surface area contributed by atoms with E-state index >= 15 is 0 Å². The molecule has 0 bridgehead atoms. The second-order valence-electron chi connectivity index (χ2n) is 6.91. The summed E-state index contributed by atoms with van der Waals surface area (Å²) >= 11 is 0. The van der Waals surface area contributed by atoms with Crippen molar-refractivity contribution < 1.29 is 22.7 Å². The fraction of sp³-hybridized carbons (Fsp3) is 0.381. The molecule has 0 aromatic heterocycles. The highest BCUT2D eigenvalue weighted by Gasteiger charge is 2.29. The Hall–Kier alpha value is -2.58. The van der Waals surface area contributed by atoms with Gasteiger partial charge >= 0.3 is 0 Å². The van der Waals surface area contributed by atoms with Crippen LogP contribution < -0.4 is 14.8 Å². The molecule has 1 saturated heterocycles. The van der Waals surface area contributed by atoms with Gasteiger partial charge in [0.25, 0.3) is 0 Å². The first-order valence-corrected chi connectivity index (χ1v) is 11.0. The molecule has 2 aromatic rings. The molecule has 7 nitrogen and oxygen atoms in total. The summed E-state index contributed by atoms with van der Waals surface area (Å²) in [5.74, 6) is 0.695. The molecular weight excluding hydrogens is 392 g/mol. The summed E-state index contributed by atoms with van der Waals surface area (Å²) in [5.41, 5.74) is 1.21. The minimum absolute atomic E-state index is 0.0704. The molecule has 2 aromatic carbocycles. The molecule has 0 aliphatic carbocycles. The van der Waals surface area contributed by atoms with Crippen LogP contribution in [0.15, 0.2) is 47.4 Å². The van der Waals surface area contributed by atoms with E-state index in [1.807, 2.05) is 18.2 Å². The molecule has 0 atom stereocenters. The summed E-state index contributed by atoms with van der Waals surface area (Å²) in [7, 11) is -0.684. The van der Waals surface area contributed by atoms with E-state index < -0.39 is 10.0 Å². The number of sulfonamides is 1. The third-order valence-corrected chi connectivity index (χ3v) is 6.80. The zero-order chi connectivity index (χ0) is 20.9. The Balaban J connectivity index is 1.79. The number of benzene rings is 2. The van der Waals surface area contributed by atoms with Crippen LogP contribution in [0.2, 0.25) is 0 Å². The van der Waals surface area contributed by atoms with Gasteiger partial charge in [-0.15, -0.1) is 0 Å². The van der Waals surface area contributed by atoms with Gasteiger partial charge in [-0.3, -0.25) is 4.79 Å². The molecule has 1 N–H and O–H groups in total. The molecule has 0 saturated carbocycles. The zero-order valence-corrected chi connectivity index (χ0v) is 17.5. The van der Waals surface area contributed by atoms with E-state index in [-0.39, 0.29) is 23.0 Å². The lowest BCUT2D eigenvalue weighted by Gasteiger charge is -2.26. The maximum Gasteiger partial charge on any atom is 0.246 e. The van der Waals surface area contributed by atoms with Crippen LogP contribution in [0.4, 0.5) is 5.69 Å². The minimum atomic E-state index is -3.69. The molecule has 1 aliphatic rings. The molecule has 1 fully saturated rings. The lowest BCUT2D eigenvalue weighted by Crippen LogP contribution is -2.35. The van der Waals surface area contributed by atoms with Gasteiger partial charge < -0.3 is 14.8 Å². The SMILES string of the molecule is COc1cccc(CC(=O)Nc2ccc(OC)c(S(=O)(=O)N3CCCCC3)c2)c1. The molecule has 0 unspecified atom stereocenters. The highest BCUT2D eigenvalue weighted by molar-refractivity contribution is 7.89. The van der Waals surface area contributed by atoms with Crippen molar-refractivity contribution in [1.82, 2.24) is 4.31 Å². The van der Waals surface area contributed by atoms with Gasteiger partial charge in [0.15, 0.2) is 0 Å². The van der Waals surface area contributed by atoms with Gasteiger partial charge in [-0.25, -0.2) is 8.42 Å². The van der Waals surface area contributed by atoms with Crippen molar-refractivity contribution in [1.29, 1.82) is 0 Å². The fourth-order valence-corrected chi connectivity index (χ4v) is 5.07. The molecule has 1 aliphatic heterocycles. The van der Waals surface area contributed by atoms with Crippen LogP contribution in [0.25, 0.3) is 0 Å². The summed E-state index contributed by atoms with van der Waals surface area (Å²) < 4.78 is 38.1. The summed E-state index contributed by atoms with van der Waals surface area (Å²) in [6.45, 7) is 0.996. The monoisotopic (exact) mass is 418 g/mol. The number of amides is 1. The van der Waals surface area contributed by atoms with Crippen molar-refractivity contribution in [3.8, 4) is 11.5 Å². The van der Waals surface area contributed by atoms with Crippen molar-refractivity contribution in [2.45, 2.75) is 30.6 Å². The van der Waals surface area contributed by atoms with Crippen LogP contribution >= 0.6 is 0 Å². The molecule has 0 radical (unpaired) electrons. The van der Waals surface area contributed by atoms with E-state index in [2.05, 4.69) is 5.32 Å². The molecule has 156 valence electrons. The minimum Gasteiger partial charge on any atom is -0.497 e. The van der Waals surface area contributed by atoms with Crippen LogP contribution in [0.5, 0.6) is 11.5 Å². The Morgan fingerprint density at radius 3 is 2.48 bits per heavy atom. The van der Waals surface area contributed by atoms with Crippen LogP contribution in [-0.2, 0) is 21.2 Å². The largest absolute Gasteiger partial charge is 0.497 e. The average molecular weight is 419 g/mol. The quantitative estimate of drug-likeness (QED) is 0.747. The molecular formula is C21H26N2O5S. The number of carbonyl (C=O) groups is 1. The average Bonchev–Trinajstić information content (AvgIpc) is 2.74. The van der Waals surface area contributed by atoms with E-state index in [0.29, 0.717) is 24.5 Å². The number of carbonyl (C=O) groups excluding carboxylic acids is 1.